The molecule has 184 valence electrons. The van der Waals surface area contributed by atoms with E-state index in [0.29, 0.717) is 6.04 Å². The molecule has 2 heterocycles. The van der Waals surface area contributed by atoms with Gasteiger partial charge in [0, 0.05) is 0 Å². The quantitative estimate of drug-likeness (QED) is 0.440. The average Bonchev–Trinajstić information content (AvgIpc) is 2.88. The van der Waals surface area contributed by atoms with E-state index < -0.39 is 0 Å². The molecule has 0 saturated carbocycles. The molecular weight excluding hydrogens is 418 g/mol. The Bertz CT molecular complexity index is 705. The van der Waals surface area contributed by atoms with Crippen LogP contribution in [0.15, 0.2) is 60.7 Å². The number of rotatable bonds is 9. The maximum Gasteiger partial charge on any atom is 1.00 e. The van der Waals surface area contributed by atoms with Gasteiger partial charge < -0.3 is 28.2 Å². The van der Waals surface area contributed by atoms with Gasteiger partial charge in [0.1, 0.15) is 0 Å². The average molecular weight is 464 g/mol. The number of likely N-dealkylation sites (tertiary alicyclic amines) is 2. The molecule has 2 saturated heterocycles. The van der Waals surface area contributed by atoms with E-state index in [4.69, 9.17) is 5.32 Å². The van der Waals surface area contributed by atoms with Gasteiger partial charge in [-0.05, 0) is 65.0 Å². The molecule has 35 heavy (non-hydrogen) atoms. The summed E-state index contributed by atoms with van der Waals surface area (Å²) in [5, 5.41) is 4.80. The molecule has 4 nitrogen and oxygen atoms in total. The maximum atomic E-state index is 4.80. The van der Waals surface area contributed by atoms with Gasteiger partial charge in [-0.2, -0.15) is 30.7 Å². The van der Waals surface area contributed by atoms with Crippen LogP contribution >= 0.6 is 0 Å². The van der Waals surface area contributed by atoms with Crippen LogP contribution in [-0.4, -0.2) is 55.6 Å². The summed E-state index contributed by atoms with van der Waals surface area (Å²) in [7, 11) is 0. The van der Waals surface area contributed by atoms with Crippen molar-refractivity contribution in [1.29, 1.82) is 0 Å². The molecule has 0 amide bonds. The zero-order chi connectivity index (χ0) is 22.3. The number of nitrogens with zero attached hydrogens (tertiary/aromatic N) is 3. The zero-order valence-corrected chi connectivity index (χ0v) is 22.6. The first-order valence-corrected chi connectivity index (χ1v) is 12.7. The molecule has 2 aromatic carbocycles. The Hall–Kier alpha value is -0.655. The van der Waals surface area contributed by atoms with Crippen molar-refractivity contribution >= 4 is 0 Å². The first kappa shape index (κ1) is 34.3. The number of hydrogen-bond acceptors (Lipinski definition) is 3. The van der Waals surface area contributed by atoms with E-state index in [0.717, 1.165) is 26.1 Å². The van der Waals surface area contributed by atoms with Gasteiger partial charge in [-0.1, -0.05) is 60.8 Å². The molecule has 0 bridgehead atoms. The second kappa shape index (κ2) is 21.4. The third-order valence-electron chi connectivity index (χ3n) is 6.41. The first-order chi connectivity index (χ1) is 15.8. The van der Waals surface area contributed by atoms with E-state index in [1.54, 1.807) is 0 Å². The van der Waals surface area contributed by atoms with Crippen LogP contribution in [0.4, 0.5) is 0 Å². The minimum atomic E-state index is 0. The molecule has 2 aliphatic rings. The minimum Gasteiger partial charge on any atom is -0.657 e. The summed E-state index contributed by atoms with van der Waals surface area (Å²) in [5.74, 6) is 0. The first-order valence-electron chi connectivity index (χ1n) is 12.7. The van der Waals surface area contributed by atoms with E-state index in [-0.39, 0.29) is 43.9 Å². The van der Waals surface area contributed by atoms with Crippen molar-refractivity contribution in [3.8, 4) is 0 Å². The molecular formula is C29H45Li2N4-. The molecule has 1 atom stereocenters. The summed E-state index contributed by atoms with van der Waals surface area (Å²) in [6.45, 7) is 12.0. The third-order valence-corrected chi connectivity index (χ3v) is 6.41. The Morgan fingerprint density at radius 1 is 0.743 bits per heavy atom. The molecule has 0 spiro atoms. The summed E-state index contributed by atoms with van der Waals surface area (Å²) in [4.78, 5) is 5.10. The van der Waals surface area contributed by atoms with Crippen LogP contribution in [-0.2, 0) is 0 Å². The standard InChI is InChI=1S/C16H24N2.C13H18N.2Li.H3N/c1-2-11-17-16(15-9-5-3-6-10-15)14-18-12-7-4-8-13-18;1-3-7-13(8-4-1)9-12-14-10-5-2-6-11-14;;;/h3,5-6,9-10,16H,1-2,4,7-8,11-14H2;1,3-4,7-9H,2,5-6,10-12H2;;;1H3/q-2;-1;2*+1;/t16-;;;;/m0..../s1. The largest absolute Gasteiger partial charge is 1.00 e. The fraction of sp³-hybridized carbons (Fsp3) is 0.517. The summed E-state index contributed by atoms with van der Waals surface area (Å²) in [6.07, 6.45) is 11.5. The molecule has 0 aliphatic carbocycles. The third kappa shape index (κ3) is 14.0. The molecule has 4 rings (SSSR count). The Balaban J connectivity index is 0.000000623. The molecule has 0 aromatic heterocycles. The van der Waals surface area contributed by atoms with Gasteiger partial charge in [0.15, 0.2) is 0 Å². The minimum absolute atomic E-state index is 0. The van der Waals surface area contributed by atoms with Crippen LogP contribution in [0, 0.1) is 13.3 Å². The monoisotopic (exact) mass is 463 g/mol. The molecule has 2 aromatic rings. The Labute approximate surface area is 239 Å². The van der Waals surface area contributed by atoms with Gasteiger partial charge >= 0.3 is 37.7 Å². The molecule has 3 N–H and O–H groups in total. The Kier molecular flexibility index (Phi) is 21.0. The van der Waals surface area contributed by atoms with E-state index in [1.165, 1.54) is 75.8 Å². The van der Waals surface area contributed by atoms with Crippen LogP contribution in [0.5, 0.6) is 0 Å². The van der Waals surface area contributed by atoms with Crippen molar-refractivity contribution in [2.75, 3.05) is 45.8 Å². The SMILES string of the molecule is N.[CH2-]CC[N-][C@@H](CN1CCCCC1)c1ccccc1.[Li+].[Li+].c1ccc([CH-]CN2CCCCC2)cc1. The summed E-state index contributed by atoms with van der Waals surface area (Å²) >= 11 is 0. The Morgan fingerprint density at radius 3 is 1.80 bits per heavy atom. The topological polar surface area (TPSA) is 55.6 Å². The predicted molar refractivity (Wildman–Crippen MR) is 143 cm³/mol. The molecule has 2 fully saturated rings. The van der Waals surface area contributed by atoms with Gasteiger partial charge in [0.2, 0.25) is 0 Å². The van der Waals surface area contributed by atoms with Crippen molar-refractivity contribution in [2.45, 2.75) is 51.0 Å². The van der Waals surface area contributed by atoms with Gasteiger partial charge in [0.05, 0.1) is 0 Å². The van der Waals surface area contributed by atoms with E-state index in [1.807, 2.05) is 0 Å². The van der Waals surface area contributed by atoms with Gasteiger partial charge in [-0.15, -0.1) is 12.1 Å². The smallest absolute Gasteiger partial charge is 0.657 e. The van der Waals surface area contributed by atoms with E-state index in [9.17, 15) is 0 Å². The summed E-state index contributed by atoms with van der Waals surface area (Å²) in [6, 6.07) is 21.6. The van der Waals surface area contributed by atoms with E-state index in [2.05, 4.69) is 83.8 Å². The van der Waals surface area contributed by atoms with Gasteiger partial charge in [0.25, 0.3) is 0 Å². The second-order valence-corrected chi connectivity index (χ2v) is 9.02. The molecule has 2 aliphatic heterocycles. The molecule has 6 heteroatoms. The normalized spacial score (nSPS) is 16.8. The van der Waals surface area contributed by atoms with Gasteiger partial charge in [-0.3, -0.25) is 0 Å². The van der Waals surface area contributed by atoms with E-state index >= 15 is 0 Å². The van der Waals surface area contributed by atoms with Crippen LogP contribution in [0.25, 0.3) is 5.32 Å². The summed E-state index contributed by atoms with van der Waals surface area (Å²) < 4.78 is 0. The molecule has 0 radical (unpaired) electrons. The van der Waals surface area contributed by atoms with Crippen LogP contribution in [0.1, 0.15) is 62.1 Å². The number of piperidine rings is 2. The van der Waals surface area contributed by atoms with Crippen LogP contribution < -0.4 is 43.9 Å². The zero-order valence-electron chi connectivity index (χ0n) is 22.6. The number of benzene rings is 2. The van der Waals surface area contributed by atoms with Gasteiger partial charge in [-0.25, -0.2) is 6.42 Å². The molecule has 0 unspecified atom stereocenters. The van der Waals surface area contributed by atoms with Crippen molar-refractivity contribution in [3.63, 3.8) is 0 Å². The van der Waals surface area contributed by atoms with Crippen molar-refractivity contribution in [2.24, 2.45) is 0 Å². The van der Waals surface area contributed by atoms with Crippen molar-refractivity contribution in [1.82, 2.24) is 16.0 Å². The van der Waals surface area contributed by atoms with Crippen molar-refractivity contribution < 1.29 is 37.7 Å². The fourth-order valence-corrected chi connectivity index (χ4v) is 4.54. The maximum absolute atomic E-state index is 4.80. The predicted octanol–water partition coefficient (Wildman–Crippen LogP) is 0.706. The fourth-order valence-electron chi connectivity index (χ4n) is 4.54. The number of hydrogen-bond donors (Lipinski definition) is 1. The second-order valence-electron chi connectivity index (χ2n) is 9.02. The summed E-state index contributed by atoms with van der Waals surface area (Å²) in [5.41, 5.74) is 2.69. The van der Waals surface area contributed by atoms with Crippen LogP contribution in [0.2, 0.25) is 0 Å². The Morgan fingerprint density at radius 2 is 1.26 bits per heavy atom. The van der Waals surface area contributed by atoms with Crippen molar-refractivity contribution in [3.05, 3.63) is 90.5 Å². The van der Waals surface area contributed by atoms with Crippen LogP contribution in [0.3, 0.4) is 0 Å².